The molecule has 2 aromatic carbocycles. The van der Waals surface area contributed by atoms with Crippen LogP contribution in [-0.4, -0.2) is 6.54 Å². The highest BCUT2D eigenvalue weighted by Crippen LogP contribution is 2.24. The van der Waals surface area contributed by atoms with E-state index < -0.39 is 11.6 Å². The summed E-state index contributed by atoms with van der Waals surface area (Å²) in [5, 5.41) is 3.33. The fraction of sp³-hybridized carbons (Fsp3) is 0.250. The van der Waals surface area contributed by atoms with Gasteiger partial charge in [-0.05, 0) is 48.4 Å². The van der Waals surface area contributed by atoms with E-state index in [1.54, 1.807) is 6.07 Å². The van der Waals surface area contributed by atoms with Gasteiger partial charge >= 0.3 is 0 Å². The normalized spacial score (nSPS) is 12.4. The Morgan fingerprint density at radius 1 is 1.00 bits per heavy atom. The van der Waals surface area contributed by atoms with Crippen LogP contribution in [0.2, 0.25) is 0 Å². The van der Waals surface area contributed by atoms with Crippen molar-refractivity contribution in [2.45, 2.75) is 19.9 Å². The summed E-state index contributed by atoms with van der Waals surface area (Å²) in [5.74, 6) is -1.64. The van der Waals surface area contributed by atoms with E-state index in [1.807, 2.05) is 24.3 Å². The minimum Gasteiger partial charge on any atom is -0.310 e. The van der Waals surface area contributed by atoms with E-state index in [9.17, 15) is 8.78 Å². The smallest absolute Gasteiger partial charge is 0.159 e. The average molecular weight is 261 g/mol. The first-order valence-electron chi connectivity index (χ1n) is 6.40. The first kappa shape index (κ1) is 13.7. The number of hydrogen-bond acceptors (Lipinski definition) is 1. The Bertz CT molecular complexity index is 566. The lowest BCUT2D eigenvalue weighted by molar-refractivity contribution is 0.509. The molecule has 0 saturated heterocycles. The van der Waals surface area contributed by atoms with Crippen LogP contribution in [0.4, 0.5) is 8.78 Å². The van der Waals surface area contributed by atoms with E-state index in [0.29, 0.717) is 5.56 Å². The van der Waals surface area contributed by atoms with Gasteiger partial charge in [0.05, 0.1) is 0 Å². The summed E-state index contributed by atoms with van der Waals surface area (Å²) in [6.45, 7) is 5.01. The third-order valence-corrected chi connectivity index (χ3v) is 3.15. The lowest BCUT2D eigenvalue weighted by Crippen LogP contribution is -2.17. The molecule has 0 radical (unpaired) electrons. The summed E-state index contributed by atoms with van der Waals surface area (Å²) >= 11 is 0. The molecule has 1 atom stereocenters. The molecule has 0 spiro atoms. The van der Waals surface area contributed by atoms with E-state index in [4.69, 9.17) is 0 Å². The molecule has 1 unspecified atom stereocenters. The molecule has 0 aliphatic carbocycles. The van der Waals surface area contributed by atoms with Gasteiger partial charge in [-0.3, -0.25) is 0 Å². The van der Waals surface area contributed by atoms with Gasteiger partial charge in [0.2, 0.25) is 0 Å². The zero-order chi connectivity index (χ0) is 13.8. The van der Waals surface area contributed by atoms with E-state index in [-0.39, 0.29) is 6.04 Å². The molecule has 2 aromatic rings. The summed E-state index contributed by atoms with van der Waals surface area (Å²) < 4.78 is 26.2. The molecule has 0 saturated carbocycles. The lowest BCUT2D eigenvalue weighted by Gasteiger charge is -2.14. The van der Waals surface area contributed by atoms with Gasteiger partial charge in [0.15, 0.2) is 11.6 Å². The Morgan fingerprint density at radius 2 is 1.74 bits per heavy atom. The Kier molecular flexibility index (Phi) is 4.27. The maximum atomic E-state index is 13.3. The van der Waals surface area contributed by atoms with Crippen LogP contribution in [0.25, 0.3) is 11.1 Å². The standard InChI is InChI=1S/C16H17F2N/c1-3-19-11(2)12-5-4-6-13(9-12)14-7-8-15(17)16(18)10-14/h4-11,19H,3H2,1-2H3. The van der Waals surface area contributed by atoms with Crippen molar-refractivity contribution in [2.24, 2.45) is 0 Å². The molecule has 3 heteroatoms. The molecule has 0 aliphatic heterocycles. The fourth-order valence-corrected chi connectivity index (χ4v) is 2.09. The first-order chi connectivity index (χ1) is 9.11. The van der Waals surface area contributed by atoms with Gasteiger partial charge in [0, 0.05) is 6.04 Å². The Balaban J connectivity index is 2.34. The summed E-state index contributed by atoms with van der Waals surface area (Å²) in [6, 6.07) is 12.1. The molecule has 1 nitrogen and oxygen atoms in total. The number of benzene rings is 2. The van der Waals surface area contributed by atoms with Gasteiger partial charge in [-0.25, -0.2) is 8.78 Å². The van der Waals surface area contributed by atoms with Gasteiger partial charge in [-0.2, -0.15) is 0 Å². The summed E-state index contributed by atoms with van der Waals surface area (Å²) in [6.07, 6.45) is 0. The molecule has 0 fully saturated rings. The van der Waals surface area contributed by atoms with E-state index in [1.165, 1.54) is 6.07 Å². The first-order valence-corrected chi connectivity index (χ1v) is 6.40. The second-order valence-corrected chi connectivity index (χ2v) is 4.53. The molecule has 2 rings (SSSR count). The molecule has 1 N–H and O–H groups in total. The van der Waals surface area contributed by atoms with Crippen molar-refractivity contribution in [3.05, 3.63) is 59.7 Å². The van der Waals surface area contributed by atoms with E-state index in [2.05, 4.69) is 19.2 Å². The highest BCUT2D eigenvalue weighted by atomic mass is 19.2. The van der Waals surface area contributed by atoms with E-state index in [0.717, 1.165) is 23.7 Å². The molecule has 19 heavy (non-hydrogen) atoms. The van der Waals surface area contributed by atoms with Gasteiger partial charge in [-0.15, -0.1) is 0 Å². The third kappa shape index (κ3) is 3.18. The van der Waals surface area contributed by atoms with Crippen LogP contribution in [-0.2, 0) is 0 Å². The topological polar surface area (TPSA) is 12.0 Å². The van der Waals surface area contributed by atoms with Crippen LogP contribution >= 0.6 is 0 Å². The van der Waals surface area contributed by atoms with Gasteiger partial charge < -0.3 is 5.32 Å². The molecule has 0 bridgehead atoms. The third-order valence-electron chi connectivity index (χ3n) is 3.15. The number of hydrogen-bond donors (Lipinski definition) is 1. The SMILES string of the molecule is CCNC(C)c1cccc(-c2ccc(F)c(F)c2)c1. The van der Waals surface area contributed by atoms with Gasteiger partial charge in [-0.1, -0.05) is 31.2 Å². The Labute approximate surface area is 112 Å². The maximum Gasteiger partial charge on any atom is 0.159 e. The van der Waals surface area contributed by atoms with Crippen molar-refractivity contribution >= 4 is 0 Å². The van der Waals surface area contributed by atoms with Crippen LogP contribution in [0, 0.1) is 11.6 Å². The number of rotatable bonds is 4. The molecule has 0 heterocycles. The lowest BCUT2D eigenvalue weighted by atomic mass is 10.00. The molecular formula is C16H17F2N. The fourth-order valence-electron chi connectivity index (χ4n) is 2.09. The highest BCUT2D eigenvalue weighted by Gasteiger charge is 2.07. The van der Waals surface area contributed by atoms with Crippen LogP contribution < -0.4 is 5.32 Å². The van der Waals surface area contributed by atoms with Crippen molar-refractivity contribution in [1.82, 2.24) is 5.32 Å². The monoisotopic (exact) mass is 261 g/mol. The van der Waals surface area contributed by atoms with Crippen molar-refractivity contribution in [2.75, 3.05) is 6.54 Å². The van der Waals surface area contributed by atoms with Crippen LogP contribution in [0.15, 0.2) is 42.5 Å². The summed E-state index contributed by atoms with van der Waals surface area (Å²) in [7, 11) is 0. The molecule has 0 aromatic heterocycles. The number of nitrogens with one attached hydrogen (secondary N) is 1. The number of halogens is 2. The van der Waals surface area contributed by atoms with Crippen molar-refractivity contribution < 1.29 is 8.78 Å². The zero-order valence-corrected chi connectivity index (χ0v) is 11.1. The predicted molar refractivity (Wildman–Crippen MR) is 73.9 cm³/mol. The van der Waals surface area contributed by atoms with Crippen LogP contribution in [0.1, 0.15) is 25.5 Å². The Morgan fingerprint density at radius 3 is 2.42 bits per heavy atom. The van der Waals surface area contributed by atoms with E-state index >= 15 is 0 Å². The zero-order valence-electron chi connectivity index (χ0n) is 11.1. The maximum absolute atomic E-state index is 13.3. The minimum atomic E-state index is -0.819. The molecule has 0 aliphatic rings. The molecule has 100 valence electrons. The highest BCUT2D eigenvalue weighted by molar-refractivity contribution is 5.64. The van der Waals surface area contributed by atoms with Crippen molar-refractivity contribution in [1.29, 1.82) is 0 Å². The quantitative estimate of drug-likeness (QED) is 0.865. The molecular weight excluding hydrogens is 244 g/mol. The van der Waals surface area contributed by atoms with Gasteiger partial charge in [0.1, 0.15) is 0 Å². The summed E-state index contributed by atoms with van der Waals surface area (Å²) in [4.78, 5) is 0. The van der Waals surface area contributed by atoms with Crippen LogP contribution in [0.3, 0.4) is 0 Å². The summed E-state index contributed by atoms with van der Waals surface area (Å²) in [5.41, 5.74) is 2.70. The average Bonchev–Trinajstić information content (AvgIpc) is 2.42. The molecule has 0 amide bonds. The van der Waals surface area contributed by atoms with Gasteiger partial charge in [0.25, 0.3) is 0 Å². The Hall–Kier alpha value is -1.74. The predicted octanol–water partition coefficient (Wildman–Crippen LogP) is 4.30. The largest absolute Gasteiger partial charge is 0.310 e. The van der Waals surface area contributed by atoms with Crippen molar-refractivity contribution in [3.8, 4) is 11.1 Å². The van der Waals surface area contributed by atoms with Crippen molar-refractivity contribution in [3.63, 3.8) is 0 Å². The van der Waals surface area contributed by atoms with Crippen LogP contribution in [0.5, 0.6) is 0 Å². The second kappa shape index (κ2) is 5.93. The minimum absolute atomic E-state index is 0.232. The second-order valence-electron chi connectivity index (χ2n) is 4.53.